The fraction of sp³-hybridized carbons (Fsp3) is 0.200. The quantitative estimate of drug-likeness (QED) is 0.699. The summed E-state index contributed by atoms with van der Waals surface area (Å²) in [4.78, 5) is 19.0. The van der Waals surface area contributed by atoms with Crippen LogP contribution in [0, 0.1) is 6.92 Å². The van der Waals surface area contributed by atoms with Gasteiger partial charge in [-0.1, -0.05) is 41.6 Å². The Balaban J connectivity index is 1.79. The standard InChI is InChI=1S/C20H19ClN2O2S/c1-14-17(21)7-4-8-18(14)22-20-23(11-12-26-20)19(24)10-9-15-5-3-6-16(13-15)25-2/h3-10,13H,11-12H2,1-2H3/b10-9+,22-20?. The van der Waals surface area contributed by atoms with E-state index >= 15 is 0 Å². The van der Waals surface area contributed by atoms with Gasteiger partial charge in [-0.2, -0.15) is 0 Å². The second kappa shape index (κ2) is 8.43. The van der Waals surface area contributed by atoms with Crippen molar-refractivity contribution in [3.05, 3.63) is 64.7 Å². The molecule has 0 aromatic heterocycles. The summed E-state index contributed by atoms with van der Waals surface area (Å²) in [5.41, 5.74) is 2.61. The highest BCUT2D eigenvalue weighted by Gasteiger charge is 2.24. The number of hydrogen-bond acceptors (Lipinski definition) is 4. The zero-order chi connectivity index (χ0) is 18.5. The highest BCUT2D eigenvalue weighted by molar-refractivity contribution is 8.14. The van der Waals surface area contributed by atoms with E-state index < -0.39 is 0 Å². The van der Waals surface area contributed by atoms with E-state index in [9.17, 15) is 4.79 Å². The van der Waals surface area contributed by atoms with Crippen LogP contribution in [-0.4, -0.2) is 35.4 Å². The molecule has 0 unspecified atom stereocenters. The Kier molecular flexibility index (Phi) is 6.01. The minimum atomic E-state index is -0.0868. The van der Waals surface area contributed by atoms with Crippen LogP contribution >= 0.6 is 23.4 Å². The molecule has 1 saturated heterocycles. The van der Waals surface area contributed by atoms with Crippen LogP contribution in [0.15, 0.2) is 53.5 Å². The lowest BCUT2D eigenvalue weighted by Gasteiger charge is -2.14. The number of halogens is 1. The summed E-state index contributed by atoms with van der Waals surface area (Å²) in [7, 11) is 1.62. The molecule has 0 bridgehead atoms. The Morgan fingerprint density at radius 2 is 2.12 bits per heavy atom. The number of nitrogens with zero attached hydrogens (tertiary/aromatic N) is 2. The number of amides is 1. The Bertz CT molecular complexity index is 880. The van der Waals surface area contributed by atoms with E-state index in [0.717, 1.165) is 28.3 Å². The van der Waals surface area contributed by atoms with Crippen LogP contribution in [0.1, 0.15) is 11.1 Å². The van der Waals surface area contributed by atoms with Gasteiger partial charge >= 0.3 is 0 Å². The van der Waals surface area contributed by atoms with Gasteiger partial charge in [0.1, 0.15) is 5.75 Å². The minimum absolute atomic E-state index is 0.0868. The normalized spacial score (nSPS) is 15.8. The molecule has 0 spiro atoms. The SMILES string of the molecule is COc1cccc(/C=C/C(=O)N2CCSC2=Nc2cccc(Cl)c2C)c1. The molecule has 26 heavy (non-hydrogen) atoms. The zero-order valence-corrected chi connectivity index (χ0v) is 16.2. The highest BCUT2D eigenvalue weighted by Crippen LogP contribution is 2.29. The number of thioether (sulfide) groups is 1. The molecule has 0 aliphatic carbocycles. The number of hydrogen-bond donors (Lipinski definition) is 0. The Morgan fingerprint density at radius 1 is 1.31 bits per heavy atom. The second-order valence-electron chi connectivity index (χ2n) is 5.73. The van der Waals surface area contributed by atoms with Crippen molar-refractivity contribution in [2.75, 3.05) is 19.4 Å². The first-order valence-corrected chi connectivity index (χ1v) is 9.55. The summed E-state index contributed by atoms with van der Waals surface area (Å²) < 4.78 is 5.20. The molecule has 3 rings (SSSR count). The van der Waals surface area contributed by atoms with Crippen LogP contribution < -0.4 is 4.74 Å². The van der Waals surface area contributed by atoms with Gasteiger partial charge in [-0.25, -0.2) is 4.99 Å². The van der Waals surface area contributed by atoms with Crippen molar-refractivity contribution in [2.45, 2.75) is 6.92 Å². The molecule has 0 radical (unpaired) electrons. The Hall–Kier alpha value is -2.24. The van der Waals surface area contributed by atoms with Crippen molar-refractivity contribution < 1.29 is 9.53 Å². The first kappa shape index (κ1) is 18.5. The fourth-order valence-corrected chi connectivity index (χ4v) is 3.65. The number of methoxy groups -OCH3 is 1. The third kappa shape index (κ3) is 4.29. The van der Waals surface area contributed by atoms with Gasteiger partial charge < -0.3 is 4.74 Å². The van der Waals surface area contributed by atoms with Gasteiger partial charge in [0, 0.05) is 23.4 Å². The average molecular weight is 387 g/mol. The first-order valence-electron chi connectivity index (χ1n) is 8.19. The van der Waals surface area contributed by atoms with Gasteiger partial charge in [-0.3, -0.25) is 9.69 Å². The van der Waals surface area contributed by atoms with Gasteiger partial charge in [0.15, 0.2) is 5.17 Å². The zero-order valence-electron chi connectivity index (χ0n) is 14.6. The molecule has 134 valence electrons. The lowest BCUT2D eigenvalue weighted by Crippen LogP contribution is -2.30. The summed E-state index contributed by atoms with van der Waals surface area (Å²) in [6, 6.07) is 13.2. The summed E-state index contributed by atoms with van der Waals surface area (Å²) in [6.07, 6.45) is 3.36. The van der Waals surface area contributed by atoms with E-state index in [1.54, 1.807) is 35.9 Å². The maximum Gasteiger partial charge on any atom is 0.252 e. The number of rotatable bonds is 4. The first-order chi connectivity index (χ1) is 12.6. The van der Waals surface area contributed by atoms with Crippen molar-refractivity contribution >= 4 is 46.2 Å². The van der Waals surface area contributed by atoms with E-state index in [2.05, 4.69) is 4.99 Å². The average Bonchev–Trinajstić information content (AvgIpc) is 3.12. The monoisotopic (exact) mass is 386 g/mol. The highest BCUT2D eigenvalue weighted by atomic mass is 35.5. The molecule has 2 aromatic rings. The summed E-state index contributed by atoms with van der Waals surface area (Å²) >= 11 is 7.74. The number of carbonyl (C=O) groups is 1. The third-order valence-corrected chi connectivity index (χ3v) is 5.38. The largest absolute Gasteiger partial charge is 0.497 e. The maximum atomic E-state index is 12.6. The molecule has 1 aliphatic heterocycles. The van der Waals surface area contributed by atoms with Crippen LogP contribution in [-0.2, 0) is 4.79 Å². The Morgan fingerprint density at radius 3 is 2.92 bits per heavy atom. The van der Waals surface area contributed by atoms with Crippen molar-refractivity contribution in [3.63, 3.8) is 0 Å². The maximum absolute atomic E-state index is 12.6. The van der Waals surface area contributed by atoms with E-state index in [0.29, 0.717) is 16.7 Å². The van der Waals surface area contributed by atoms with Crippen LogP contribution in [0.5, 0.6) is 5.75 Å². The molecule has 0 atom stereocenters. The molecule has 1 aliphatic rings. The van der Waals surface area contributed by atoms with Crippen molar-refractivity contribution in [3.8, 4) is 5.75 Å². The lowest BCUT2D eigenvalue weighted by atomic mass is 10.2. The van der Waals surface area contributed by atoms with Gasteiger partial charge in [-0.15, -0.1) is 0 Å². The summed E-state index contributed by atoms with van der Waals surface area (Å²) in [5, 5.41) is 1.38. The molecular formula is C20H19ClN2O2S. The second-order valence-corrected chi connectivity index (χ2v) is 7.20. The summed E-state index contributed by atoms with van der Waals surface area (Å²) in [5.74, 6) is 1.50. The lowest BCUT2D eigenvalue weighted by molar-refractivity contribution is -0.121. The molecule has 6 heteroatoms. The minimum Gasteiger partial charge on any atom is -0.497 e. The van der Waals surface area contributed by atoms with Gasteiger partial charge in [0.25, 0.3) is 5.91 Å². The van der Waals surface area contributed by atoms with E-state index in [4.69, 9.17) is 16.3 Å². The molecule has 1 fully saturated rings. The Labute approximate surface area is 162 Å². The van der Waals surface area contributed by atoms with E-state index in [1.165, 1.54) is 0 Å². The predicted octanol–water partition coefficient (Wildman–Crippen LogP) is 4.93. The van der Waals surface area contributed by atoms with Crippen LogP contribution in [0.4, 0.5) is 5.69 Å². The van der Waals surface area contributed by atoms with Gasteiger partial charge in [0.05, 0.1) is 12.8 Å². The van der Waals surface area contributed by atoms with Gasteiger partial charge in [-0.05, 0) is 48.4 Å². The number of benzene rings is 2. The number of carbonyl (C=O) groups excluding carboxylic acids is 1. The molecule has 2 aromatic carbocycles. The van der Waals surface area contributed by atoms with Crippen LogP contribution in [0.2, 0.25) is 5.02 Å². The molecule has 1 amide bonds. The molecule has 0 N–H and O–H groups in total. The van der Waals surface area contributed by atoms with Gasteiger partial charge in [0.2, 0.25) is 0 Å². The molecular weight excluding hydrogens is 368 g/mol. The van der Waals surface area contributed by atoms with Crippen molar-refractivity contribution in [2.24, 2.45) is 4.99 Å². The molecule has 4 nitrogen and oxygen atoms in total. The van der Waals surface area contributed by atoms with E-state index in [1.807, 2.05) is 49.4 Å². The van der Waals surface area contributed by atoms with E-state index in [-0.39, 0.29) is 5.91 Å². The van der Waals surface area contributed by atoms with Crippen LogP contribution in [0.3, 0.4) is 0 Å². The number of amidine groups is 1. The van der Waals surface area contributed by atoms with Crippen molar-refractivity contribution in [1.29, 1.82) is 0 Å². The number of aliphatic imine (C=N–C) groups is 1. The van der Waals surface area contributed by atoms with Crippen molar-refractivity contribution in [1.82, 2.24) is 4.90 Å². The molecule has 1 heterocycles. The predicted molar refractivity (Wildman–Crippen MR) is 109 cm³/mol. The fourth-order valence-electron chi connectivity index (χ4n) is 2.52. The smallest absolute Gasteiger partial charge is 0.252 e. The molecule has 0 saturated carbocycles. The summed E-state index contributed by atoms with van der Waals surface area (Å²) in [6.45, 7) is 2.57. The topological polar surface area (TPSA) is 41.9 Å². The van der Waals surface area contributed by atoms with Crippen LogP contribution in [0.25, 0.3) is 6.08 Å². The third-order valence-electron chi connectivity index (χ3n) is 4.01. The number of ether oxygens (including phenoxy) is 1.